The van der Waals surface area contributed by atoms with Crippen LogP contribution in [0.4, 0.5) is 4.39 Å². The number of aromatic nitrogens is 3. The summed E-state index contributed by atoms with van der Waals surface area (Å²) in [4.78, 5) is 24.4. The van der Waals surface area contributed by atoms with Gasteiger partial charge >= 0.3 is 0 Å². The fourth-order valence-corrected chi connectivity index (χ4v) is 4.86. The zero-order chi connectivity index (χ0) is 22.4. The molecule has 6 nitrogen and oxygen atoms in total. The predicted octanol–water partition coefficient (Wildman–Crippen LogP) is 5.86. The Hall–Kier alpha value is -3.10. The first-order valence-corrected chi connectivity index (χ1v) is 11.3. The van der Waals surface area contributed by atoms with Gasteiger partial charge in [-0.2, -0.15) is 4.98 Å². The number of carbonyl (C=O) groups excluding carboxylic acids is 1. The van der Waals surface area contributed by atoms with Crippen LogP contribution < -0.4 is 0 Å². The normalized spacial score (nSPS) is 15.6. The molecular weight excluding hydrogens is 451 g/mol. The average molecular weight is 469 g/mol. The maximum absolute atomic E-state index is 14.4. The highest BCUT2D eigenvalue weighted by atomic mass is 35.5. The van der Waals surface area contributed by atoms with Gasteiger partial charge in [0.15, 0.2) is 0 Å². The summed E-state index contributed by atoms with van der Waals surface area (Å²) < 4.78 is 19.9. The Balaban J connectivity index is 1.44. The second-order valence-corrected chi connectivity index (χ2v) is 9.17. The Morgan fingerprint density at radius 1 is 1.16 bits per heavy atom. The van der Waals surface area contributed by atoms with E-state index in [1.165, 1.54) is 17.4 Å². The smallest absolute Gasteiger partial charge is 0.274 e. The van der Waals surface area contributed by atoms with E-state index in [0.29, 0.717) is 45.2 Å². The minimum atomic E-state index is -0.385. The van der Waals surface area contributed by atoms with Crippen LogP contribution in [0, 0.1) is 19.7 Å². The van der Waals surface area contributed by atoms with Crippen molar-refractivity contribution in [3.05, 3.63) is 75.5 Å². The lowest BCUT2D eigenvalue weighted by Crippen LogP contribution is -2.45. The van der Waals surface area contributed by atoms with Gasteiger partial charge in [0.25, 0.3) is 5.91 Å². The fourth-order valence-electron chi connectivity index (χ4n) is 3.75. The fraction of sp³-hybridized carbons (Fsp3) is 0.217. The van der Waals surface area contributed by atoms with Gasteiger partial charge in [0.1, 0.15) is 17.6 Å². The second kappa shape index (κ2) is 8.11. The molecule has 0 unspecified atom stereocenters. The van der Waals surface area contributed by atoms with E-state index >= 15 is 0 Å². The van der Waals surface area contributed by atoms with E-state index in [0.717, 1.165) is 11.1 Å². The van der Waals surface area contributed by atoms with E-state index in [4.69, 9.17) is 16.1 Å². The Labute approximate surface area is 192 Å². The summed E-state index contributed by atoms with van der Waals surface area (Å²) >= 11 is 7.51. The van der Waals surface area contributed by atoms with Crippen molar-refractivity contribution >= 4 is 28.8 Å². The number of hydrogen-bond donors (Lipinski definition) is 0. The number of amides is 1. The van der Waals surface area contributed by atoms with Gasteiger partial charge in [0.2, 0.25) is 11.7 Å². The van der Waals surface area contributed by atoms with Crippen molar-refractivity contribution in [3.8, 4) is 21.8 Å². The first-order chi connectivity index (χ1) is 15.4. The van der Waals surface area contributed by atoms with Gasteiger partial charge in [-0.1, -0.05) is 47.1 Å². The molecule has 1 amide bonds. The molecule has 0 bridgehead atoms. The van der Waals surface area contributed by atoms with E-state index in [1.54, 1.807) is 36.1 Å². The quantitative estimate of drug-likeness (QED) is 0.375. The molecule has 1 atom stereocenters. The molecule has 1 aliphatic heterocycles. The standard InChI is InChI=1S/C23H18ClFN4O2S/c1-12-14(7-5-8-16(12)24)21-27-22(31-28-21)18-10-11-29(18)23(30)19-20(32-13(2)26-19)15-6-3-4-9-17(15)25/h3-9,18H,10-11H2,1-2H3/t18-/m0/s1. The van der Waals surface area contributed by atoms with E-state index in [1.807, 2.05) is 19.1 Å². The highest BCUT2D eigenvalue weighted by Crippen LogP contribution is 2.38. The molecule has 0 saturated carbocycles. The van der Waals surface area contributed by atoms with Crippen molar-refractivity contribution in [2.24, 2.45) is 0 Å². The first kappa shape index (κ1) is 20.8. The van der Waals surface area contributed by atoms with Crippen LogP contribution in [0.3, 0.4) is 0 Å². The van der Waals surface area contributed by atoms with Crippen LogP contribution in [0.25, 0.3) is 21.8 Å². The van der Waals surface area contributed by atoms with Crippen LogP contribution in [0.5, 0.6) is 0 Å². The Morgan fingerprint density at radius 3 is 2.69 bits per heavy atom. The van der Waals surface area contributed by atoms with Crippen molar-refractivity contribution < 1.29 is 13.7 Å². The first-order valence-electron chi connectivity index (χ1n) is 10.1. The summed E-state index contributed by atoms with van der Waals surface area (Å²) in [6, 6.07) is 11.6. The molecule has 3 heterocycles. The van der Waals surface area contributed by atoms with Crippen molar-refractivity contribution in [2.75, 3.05) is 6.54 Å². The topological polar surface area (TPSA) is 72.1 Å². The van der Waals surface area contributed by atoms with Crippen LogP contribution in [0.15, 0.2) is 47.0 Å². The molecule has 0 N–H and O–H groups in total. The number of thiazole rings is 1. The monoisotopic (exact) mass is 468 g/mol. The van der Waals surface area contributed by atoms with Gasteiger partial charge in [-0.25, -0.2) is 9.37 Å². The van der Waals surface area contributed by atoms with Gasteiger partial charge in [-0.05, 0) is 38.0 Å². The van der Waals surface area contributed by atoms with Gasteiger partial charge in [0, 0.05) is 22.7 Å². The second-order valence-electron chi connectivity index (χ2n) is 7.56. The van der Waals surface area contributed by atoms with Crippen molar-refractivity contribution in [1.29, 1.82) is 0 Å². The summed E-state index contributed by atoms with van der Waals surface area (Å²) in [5.74, 6) is 0.126. The zero-order valence-electron chi connectivity index (χ0n) is 17.3. The van der Waals surface area contributed by atoms with Crippen molar-refractivity contribution in [1.82, 2.24) is 20.0 Å². The number of aryl methyl sites for hydroxylation is 1. The highest BCUT2D eigenvalue weighted by molar-refractivity contribution is 7.15. The third-order valence-electron chi connectivity index (χ3n) is 5.57. The third kappa shape index (κ3) is 3.49. The molecule has 2 aromatic carbocycles. The molecule has 4 aromatic rings. The molecule has 5 rings (SSSR count). The lowest BCUT2D eigenvalue weighted by Gasteiger charge is -2.38. The molecule has 1 saturated heterocycles. The molecule has 1 fully saturated rings. The number of carbonyl (C=O) groups is 1. The number of rotatable bonds is 4. The van der Waals surface area contributed by atoms with E-state index in [2.05, 4.69) is 15.1 Å². The molecule has 162 valence electrons. The van der Waals surface area contributed by atoms with Crippen LogP contribution in [-0.2, 0) is 0 Å². The van der Waals surface area contributed by atoms with E-state index in [-0.39, 0.29) is 23.5 Å². The summed E-state index contributed by atoms with van der Waals surface area (Å²) in [5, 5.41) is 5.41. The average Bonchev–Trinajstić information content (AvgIpc) is 3.36. The largest absolute Gasteiger partial charge is 0.337 e. The lowest BCUT2D eigenvalue weighted by atomic mass is 10.0. The maximum atomic E-state index is 14.4. The summed E-state index contributed by atoms with van der Waals surface area (Å²) in [5.41, 5.74) is 2.25. The minimum absolute atomic E-state index is 0.243. The van der Waals surface area contributed by atoms with E-state index < -0.39 is 0 Å². The molecule has 0 spiro atoms. The molecule has 32 heavy (non-hydrogen) atoms. The predicted molar refractivity (Wildman–Crippen MR) is 120 cm³/mol. The highest BCUT2D eigenvalue weighted by Gasteiger charge is 2.40. The van der Waals surface area contributed by atoms with Crippen LogP contribution in [0.1, 0.15) is 39.4 Å². The zero-order valence-corrected chi connectivity index (χ0v) is 18.9. The number of halogens is 2. The van der Waals surface area contributed by atoms with Gasteiger partial charge in [0.05, 0.1) is 9.88 Å². The molecule has 1 aliphatic rings. The van der Waals surface area contributed by atoms with Crippen molar-refractivity contribution in [3.63, 3.8) is 0 Å². The Kier molecular flexibility index (Phi) is 5.27. The molecular formula is C23H18ClFN4O2S. The summed E-state index contributed by atoms with van der Waals surface area (Å²) in [7, 11) is 0. The maximum Gasteiger partial charge on any atom is 0.274 e. The number of benzene rings is 2. The molecule has 9 heteroatoms. The van der Waals surface area contributed by atoms with Crippen LogP contribution in [0.2, 0.25) is 5.02 Å². The number of nitrogens with zero attached hydrogens (tertiary/aromatic N) is 4. The lowest BCUT2D eigenvalue weighted by molar-refractivity contribution is 0.0374. The molecule has 0 radical (unpaired) electrons. The molecule has 2 aromatic heterocycles. The summed E-state index contributed by atoms with van der Waals surface area (Å²) in [6.07, 6.45) is 0.694. The van der Waals surface area contributed by atoms with Gasteiger partial charge < -0.3 is 9.42 Å². The van der Waals surface area contributed by atoms with Gasteiger partial charge in [-0.15, -0.1) is 11.3 Å². The summed E-state index contributed by atoms with van der Waals surface area (Å²) in [6.45, 7) is 4.23. The van der Waals surface area contributed by atoms with Gasteiger partial charge in [-0.3, -0.25) is 4.79 Å². The number of hydrogen-bond acceptors (Lipinski definition) is 6. The van der Waals surface area contributed by atoms with Crippen LogP contribution in [-0.4, -0.2) is 32.5 Å². The number of likely N-dealkylation sites (tertiary alicyclic amines) is 1. The Bertz CT molecular complexity index is 1340. The Morgan fingerprint density at radius 2 is 1.94 bits per heavy atom. The molecule has 0 aliphatic carbocycles. The third-order valence-corrected chi connectivity index (χ3v) is 6.98. The van der Waals surface area contributed by atoms with E-state index in [9.17, 15) is 9.18 Å². The van der Waals surface area contributed by atoms with Crippen LogP contribution >= 0.6 is 22.9 Å². The minimum Gasteiger partial charge on any atom is -0.337 e. The SMILES string of the molecule is Cc1nc(C(=O)N2CC[C@H]2c2nc(-c3cccc(Cl)c3C)no2)c(-c2ccccc2F)s1. The van der Waals surface area contributed by atoms with Crippen molar-refractivity contribution in [2.45, 2.75) is 26.3 Å².